The zero-order valence-electron chi connectivity index (χ0n) is 23.1. The summed E-state index contributed by atoms with van der Waals surface area (Å²) in [5, 5.41) is 2.84. The number of carbonyl (C=O) groups excluding carboxylic acids is 3. The van der Waals surface area contributed by atoms with Gasteiger partial charge in [0.25, 0.3) is 5.91 Å². The second kappa shape index (κ2) is 12.2. The Morgan fingerprint density at radius 3 is 2.61 bits per heavy atom. The lowest BCUT2D eigenvalue weighted by atomic mass is 10.0. The van der Waals surface area contributed by atoms with Gasteiger partial charge in [-0.3, -0.25) is 4.79 Å². The maximum absolute atomic E-state index is 12.7. The number of aromatic nitrogens is 1. The van der Waals surface area contributed by atoms with Crippen molar-refractivity contribution in [3.8, 4) is 5.75 Å². The molecule has 2 N–H and O–H groups in total. The number of ether oxygens (including phenoxy) is 4. The number of aromatic amines is 1. The van der Waals surface area contributed by atoms with Gasteiger partial charge in [0.05, 0.1) is 36.1 Å². The number of anilines is 1. The number of carbonyl (C=O) groups is 3. The Bertz CT molecular complexity index is 1210. The molecule has 0 saturated heterocycles. The van der Waals surface area contributed by atoms with E-state index >= 15 is 0 Å². The Morgan fingerprint density at radius 2 is 1.92 bits per heavy atom. The summed E-state index contributed by atoms with van der Waals surface area (Å²) in [6.07, 6.45) is 1.01. The molecule has 0 aliphatic carbocycles. The summed E-state index contributed by atoms with van der Waals surface area (Å²) in [6.45, 7) is 12.1. The minimum Gasteiger partial charge on any atom is -0.491 e. The van der Waals surface area contributed by atoms with Crippen molar-refractivity contribution in [3.05, 3.63) is 46.8 Å². The smallest absolute Gasteiger partial charge is 0.410 e. The average Bonchev–Trinajstić information content (AvgIpc) is 3.35. The molecule has 0 bridgehead atoms. The molecule has 3 rings (SSSR count). The van der Waals surface area contributed by atoms with E-state index in [1.54, 1.807) is 44.3 Å². The third-order valence-electron chi connectivity index (χ3n) is 5.56. The molecule has 0 saturated carbocycles. The summed E-state index contributed by atoms with van der Waals surface area (Å²) in [7, 11) is 1.66. The Balaban J connectivity index is 1.62. The molecule has 2 aromatic rings. The minimum atomic E-state index is -0.554. The molecule has 2 amide bonds. The summed E-state index contributed by atoms with van der Waals surface area (Å²) in [4.78, 5) is 41.7. The first-order chi connectivity index (χ1) is 17.9. The van der Waals surface area contributed by atoms with Gasteiger partial charge in [0.15, 0.2) is 0 Å². The maximum atomic E-state index is 12.7. The lowest BCUT2D eigenvalue weighted by molar-refractivity contribution is -0.110. The number of esters is 1. The fourth-order valence-corrected chi connectivity index (χ4v) is 3.73. The van der Waals surface area contributed by atoms with Crippen molar-refractivity contribution < 1.29 is 33.3 Å². The summed E-state index contributed by atoms with van der Waals surface area (Å²) >= 11 is 0. The predicted octanol–water partition coefficient (Wildman–Crippen LogP) is 4.64. The van der Waals surface area contributed by atoms with Crippen LogP contribution in [0.2, 0.25) is 0 Å². The molecule has 1 aromatic carbocycles. The van der Waals surface area contributed by atoms with Gasteiger partial charge in [-0.25, -0.2) is 9.59 Å². The maximum Gasteiger partial charge on any atom is 0.410 e. The fourth-order valence-electron chi connectivity index (χ4n) is 3.73. The highest BCUT2D eigenvalue weighted by atomic mass is 16.6. The molecule has 1 aromatic heterocycles. The first-order valence-electron chi connectivity index (χ1n) is 12.6. The van der Waals surface area contributed by atoms with Crippen LogP contribution in [-0.4, -0.2) is 73.0 Å². The number of aryl methyl sites for hydroxylation is 1. The SMILES string of the molecule is CCOC(=O)c1cc(C)[nH]c1/C=C1\C(=O)Nc2ccc(OCC(C)OCCN(C)C(=O)OC(C)(C)C)cc21. The quantitative estimate of drug-likeness (QED) is 0.341. The Labute approximate surface area is 223 Å². The number of rotatable bonds is 10. The summed E-state index contributed by atoms with van der Waals surface area (Å²) in [5.41, 5.74) is 2.83. The van der Waals surface area contributed by atoms with Crippen molar-refractivity contribution in [1.29, 1.82) is 0 Å². The number of benzene rings is 1. The van der Waals surface area contributed by atoms with Crippen LogP contribution in [0.1, 0.15) is 61.9 Å². The van der Waals surface area contributed by atoms with Crippen LogP contribution in [0.15, 0.2) is 24.3 Å². The van der Waals surface area contributed by atoms with Crippen LogP contribution in [0.25, 0.3) is 11.6 Å². The van der Waals surface area contributed by atoms with E-state index in [2.05, 4.69) is 10.3 Å². The first kappa shape index (κ1) is 28.8. The van der Waals surface area contributed by atoms with E-state index in [1.807, 2.05) is 34.6 Å². The van der Waals surface area contributed by atoms with Crippen LogP contribution in [0.4, 0.5) is 10.5 Å². The normalized spacial score (nSPS) is 14.6. The molecule has 1 unspecified atom stereocenters. The van der Waals surface area contributed by atoms with Crippen molar-refractivity contribution in [3.63, 3.8) is 0 Å². The molecular weight excluding hydrogens is 490 g/mol. The molecule has 206 valence electrons. The third kappa shape index (κ3) is 7.61. The molecular formula is C28H37N3O7. The van der Waals surface area contributed by atoms with Gasteiger partial charge in [-0.05, 0) is 71.9 Å². The van der Waals surface area contributed by atoms with E-state index in [1.165, 1.54) is 4.90 Å². The second-order valence-electron chi connectivity index (χ2n) is 10.1. The van der Waals surface area contributed by atoms with E-state index in [-0.39, 0.29) is 25.2 Å². The molecule has 10 heteroatoms. The molecule has 1 aliphatic heterocycles. The second-order valence-corrected chi connectivity index (χ2v) is 10.1. The Kier molecular flexibility index (Phi) is 9.22. The zero-order valence-corrected chi connectivity index (χ0v) is 23.1. The van der Waals surface area contributed by atoms with Crippen LogP contribution < -0.4 is 10.1 Å². The molecule has 38 heavy (non-hydrogen) atoms. The van der Waals surface area contributed by atoms with Gasteiger partial charge in [-0.1, -0.05) is 0 Å². The highest BCUT2D eigenvalue weighted by Gasteiger charge is 2.26. The standard InChI is InChI=1S/C28H37N3O7/c1-8-35-26(33)22-13-17(2)29-24(22)15-21-20-14-19(9-10-23(20)30-25(21)32)37-16-18(3)36-12-11-31(7)27(34)38-28(4,5)6/h9-10,13-15,18,29H,8,11-12,16H2,1-7H3,(H,30,32)/b21-15-. The van der Waals surface area contributed by atoms with Crippen molar-refractivity contribution in [1.82, 2.24) is 9.88 Å². The van der Waals surface area contributed by atoms with Crippen molar-refractivity contribution in [2.75, 3.05) is 38.7 Å². The molecule has 1 atom stereocenters. The summed E-state index contributed by atoms with van der Waals surface area (Å²) < 4.78 is 22.2. The minimum absolute atomic E-state index is 0.237. The van der Waals surface area contributed by atoms with E-state index in [0.29, 0.717) is 47.0 Å². The van der Waals surface area contributed by atoms with Gasteiger partial charge < -0.3 is 34.1 Å². The van der Waals surface area contributed by atoms with Crippen molar-refractivity contribution in [2.24, 2.45) is 0 Å². The van der Waals surface area contributed by atoms with E-state index in [4.69, 9.17) is 18.9 Å². The number of H-pyrrole nitrogens is 1. The largest absolute Gasteiger partial charge is 0.491 e. The van der Waals surface area contributed by atoms with Gasteiger partial charge in [0, 0.05) is 30.5 Å². The lowest BCUT2D eigenvalue weighted by Crippen LogP contribution is -2.36. The van der Waals surface area contributed by atoms with Gasteiger partial charge in [0.1, 0.15) is 18.0 Å². The molecule has 1 aliphatic rings. The van der Waals surface area contributed by atoms with Gasteiger partial charge in [-0.2, -0.15) is 0 Å². The number of amides is 2. The topological polar surface area (TPSA) is 119 Å². The van der Waals surface area contributed by atoms with Crippen LogP contribution in [0.3, 0.4) is 0 Å². The number of fused-ring (bicyclic) bond motifs is 1. The number of likely N-dealkylation sites (N-methyl/N-ethyl adjacent to an activating group) is 1. The van der Waals surface area contributed by atoms with Crippen molar-refractivity contribution >= 4 is 35.3 Å². The highest BCUT2D eigenvalue weighted by molar-refractivity contribution is 6.35. The number of hydrogen-bond acceptors (Lipinski definition) is 7. The van der Waals surface area contributed by atoms with Gasteiger partial charge in [0.2, 0.25) is 0 Å². The predicted molar refractivity (Wildman–Crippen MR) is 144 cm³/mol. The molecule has 2 heterocycles. The highest BCUT2D eigenvalue weighted by Crippen LogP contribution is 2.36. The van der Waals surface area contributed by atoms with E-state index in [0.717, 1.165) is 5.69 Å². The molecule has 0 fully saturated rings. The van der Waals surface area contributed by atoms with Crippen molar-refractivity contribution in [2.45, 2.75) is 53.2 Å². The zero-order chi connectivity index (χ0) is 28.0. The monoisotopic (exact) mass is 527 g/mol. The molecule has 0 radical (unpaired) electrons. The summed E-state index contributed by atoms with van der Waals surface area (Å²) in [5.74, 6) is -0.156. The summed E-state index contributed by atoms with van der Waals surface area (Å²) in [6, 6.07) is 7.02. The number of nitrogens with one attached hydrogen (secondary N) is 2. The lowest BCUT2D eigenvalue weighted by Gasteiger charge is -2.25. The third-order valence-corrected chi connectivity index (χ3v) is 5.56. The van der Waals surface area contributed by atoms with Crippen LogP contribution >= 0.6 is 0 Å². The Hall–Kier alpha value is -3.79. The van der Waals surface area contributed by atoms with E-state index < -0.39 is 17.7 Å². The van der Waals surface area contributed by atoms with Crippen LogP contribution in [-0.2, 0) is 19.0 Å². The first-order valence-corrected chi connectivity index (χ1v) is 12.6. The molecule has 10 nitrogen and oxygen atoms in total. The Morgan fingerprint density at radius 1 is 1.18 bits per heavy atom. The average molecular weight is 528 g/mol. The van der Waals surface area contributed by atoms with Crippen LogP contribution in [0.5, 0.6) is 5.75 Å². The fraction of sp³-hybridized carbons (Fsp3) is 0.464. The van der Waals surface area contributed by atoms with E-state index in [9.17, 15) is 14.4 Å². The number of hydrogen-bond donors (Lipinski definition) is 2. The molecule has 0 spiro atoms. The van der Waals surface area contributed by atoms with Gasteiger partial charge >= 0.3 is 12.1 Å². The number of nitrogens with zero attached hydrogens (tertiary/aromatic N) is 1. The van der Waals surface area contributed by atoms with Gasteiger partial charge in [-0.15, -0.1) is 0 Å². The van der Waals surface area contributed by atoms with Crippen LogP contribution in [0, 0.1) is 6.92 Å².